The van der Waals surface area contributed by atoms with E-state index in [1.807, 2.05) is 17.5 Å². The second-order valence-electron chi connectivity index (χ2n) is 4.28. The van der Waals surface area contributed by atoms with E-state index in [9.17, 15) is 4.79 Å². The van der Waals surface area contributed by atoms with Crippen LogP contribution < -0.4 is 0 Å². The maximum absolute atomic E-state index is 12.0. The molecule has 0 fully saturated rings. The first kappa shape index (κ1) is 16.3. The summed E-state index contributed by atoms with van der Waals surface area (Å²) in [5.41, 5.74) is 0.362. The number of thiophene rings is 1. The van der Waals surface area contributed by atoms with Crippen LogP contribution in [0.3, 0.4) is 0 Å². The molecule has 3 aromatic heterocycles. The number of rotatable bonds is 4. The van der Waals surface area contributed by atoms with Gasteiger partial charge in [-0.15, -0.1) is 11.3 Å². The molecule has 0 aliphatic heterocycles. The Hall–Kier alpha value is -1.60. The van der Waals surface area contributed by atoms with Gasteiger partial charge in [-0.05, 0) is 11.4 Å². The number of nitrogens with zero attached hydrogens (tertiary/aromatic N) is 2. The molecule has 0 atom stereocenters. The summed E-state index contributed by atoms with van der Waals surface area (Å²) in [7, 11) is 0. The van der Waals surface area contributed by atoms with E-state index in [0.29, 0.717) is 11.6 Å². The highest BCUT2D eigenvalue weighted by Crippen LogP contribution is 2.31. The van der Waals surface area contributed by atoms with Gasteiger partial charge in [-0.25, -0.2) is 14.8 Å². The van der Waals surface area contributed by atoms with Gasteiger partial charge in [-0.2, -0.15) is 0 Å². The number of esters is 1. The smallest absolute Gasteiger partial charge is 0.358 e. The van der Waals surface area contributed by atoms with Crippen LogP contribution in [0.5, 0.6) is 0 Å². The number of aromatic nitrogens is 2. The molecule has 0 saturated heterocycles. The average molecular weight is 390 g/mol. The number of hydrogen-bond donors (Lipinski definition) is 0. The van der Waals surface area contributed by atoms with Crippen LogP contribution in [-0.2, 0) is 11.3 Å². The van der Waals surface area contributed by atoms with Gasteiger partial charge in [0, 0.05) is 6.20 Å². The third kappa shape index (κ3) is 3.50. The maximum Gasteiger partial charge on any atom is 0.358 e. The standard InChI is InChI=1S/C14H7Cl3N2O3S/c15-8-4-18-12(11(17)10(8)16)14(20)22-6-7-5-21-13(19-7)9-2-1-3-23-9/h1-5H,6H2. The van der Waals surface area contributed by atoms with Crippen LogP contribution in [0, 0.1) is 0 Å². The molecule has 0 aliphatic rings. The van der Waals surface area contributed by atoms with E-state index in [1.54, 1.807) is 0 Å². The van der Waals surface area contributed by atoms with Gasteiger partial charge in [-0.3, -0.25) is 0 Å². The van der Waals surface area contributed by atoms with Crippen molar-refractivity contribution in [1.82, 2.24) is 9.97 Å². The Morgan fingerprint density at radius 3 is 2.87 bits per heavy atom. The summed E-state index contributed by atoms with van der Waals surface area (Å²) in [5, 5.41) is 2.07. The molecule has 0 saturated carbocycles. The Bertz CT molecular complexity index is 849. The largest absolute Gasteiger partial charge is 0.454 e. The van der Waals surface area contributed by atoms with Crippen molar-refractivity contribution in [3.63, 3.8) is 0 Å². The molecule has 3 aromatic rings. The summed E-state index contributed by atoms with van der Waals surface area (Å²) in [6.45, 7) is -0.0774. The van der Waals surface area contributed by atoms with Crippen molar-refractivity contribution in [1.29, 1.82) is 0 Å². The first-order valence-corrected chi connectivity index (χ1v) is 8.22. The zero-order chi connectivity index (χ0) is 16.4. The predicted octanol–water partition coefficient (Wildman–Crippen LogP) is 5.12. The van der Waals surface area contributed by atoms with Gasteiger partial charge in [0.1, 0.15) is 18.6 Å². The summed E-state index contributed by atoms with van der Waals surface area (Å²) in [6.07, 6.45) is 2.66. The first-order valence-electron chi connectivity index (χ1n) is 6.21. The Balaban J connectivity index is 1.69. The third-order valence-electron chi connectivity index (χ3n) is 2.75. The zero-order valence-electron chi connectivity index (χ0n) is 11.3. The highest BCUT2D eigenvalue weighted by atomic mass is 35.5. The van der Waals surface area contributed by atoms with E-state index < -0.39 is 5.97 Å². The highest BCUT2D eigenvalue weighted by molar-refractivity contribution is 7.13. The van der Waals surface area contributed by atoms with Gasteiger partial charge in [0.25, 0.3) is 0 Å². The molecule has 0 amide bonds. The minimum absolute atomic E-state index is 0.0522. The number of carbonyl (C=O) groups is 1. The van der Waals surface area contributed by atoms with Crippen LogP contribution in [0.15, 0.2) is 34.4 Å². The highest BCUT2D eigenvalue weighted by Gasteiger charge is 2.19. The van der Waals surface area contributed by atoms with Crippen molar-refractivity contribution in [3.05, 3.63) is 56.4 Å². The summed E-state index contributed by atoms with van der Waals surface area (Å²) in [6, 6.07) is 3.77. The molecule has 0 aromatic carbocycles. The van der Waals surface area contributed by atoms with Crippen LogP contribution in [0.4, 0.5) is 0 Å². The van der Waals surface area contributed by atoms with Gasteiger partial charge in [-0.1, -0.05) is 40.9 Å². The molecule has 0 radical (unpaired) electrons. The fourth-order valence-corrected chi connectivity index (χ4v) is 2.89. The monoisotopic (exact) mass is 388 g/mol. The van der Waals surface area contributed by atoms with Crippen LogP contribution in [0.2, 0.25) is 15.1 Å². The molecular formula is C14H7Cl3N2O3S. The summed E-state index contributed by atoms with van der Waals surface area (Å²) in [5.74, 6) is -0.258. The minimum Gasteiger partial charge on any atom is -0.454 e. The lowest BCUT2D eigenvalue weighted by Crippen LogP contribution is -2.08. The predicted molar refractivity (Wildman–Crippen MR) is 88.2 cm³/mol. The Morgan fingerprint density at radius 1 is 1.30 bits per heavy atom. The molecule has 118 valence electrons. The van der Waals surface area contributed by atoms with Crippen molar-refractivity contribution in [2.24, 2.45) is 0 Å². The molecule has 0 bridgehead atoms. The molecule has 3 rings (SSSR count). The zero-order valence-corrected chi connectivity index (χ0v) is 14.3. The van der Waals surface area contributed by atoms with E-state index >= 15 is 0 Å². The Labute approximate surface area is 149 Å². The van der Waals surface area contributed by atoms with Crippen LogP contribution in [-0.4, -0.2) is 15.9 Å². The van der Waals surface area contributed by atoms with Crippen molar-refractivity contribution >= 4 is 52.1 Å². The van der Waals surface area contributed by atoms with Gasteiger partial charge in [0.05, 0.1) is 19.9 Å². The van der Waals surface area contributed by atoms with E-state index in [1.165, 1.54) is 23.8 Å². The fourth-order valence-electron chi connectivity index (χ4n) is 1.68. The van der Waals surface area contributed by atoms with Crippen molar-refractivity contribution < 1.29 is 13.9 Å². The van der Waals surface area contributed by atoms with Crippen LogP contribution in [0.1, 0.15) is 16.2 Å². The number of pyridine rings is 1. The summed E-state index contributed by atoms with van der Waals surface area (Å²) in [4.78, 5) is 21.0. The lowest BCUT2D eigenvalue weighted by atomic mass is 10.3. The number of halogens is 3. The van der Waals surface area contributed by atoms with Gasteiger partial charge >= 0.3 is 5.97 Å². The van der Waals surface area contributed by atoms with Gasteiger partial charge in [0.2, 0.25) is 5.89 Å². The molecule has 5 nitrogen and oxygen atoms in total. The van der Waals surface area contributed by atoms with E-state index in [0.717, 1.165) is 4.88 Å². The SMILES string of the molecule is O=C(OCc1coc(-c2cccs2)n1)c1ncc(Cl)c(Cl)c1Cl. The average Bonchev–Trinajstić information content (AvgIpc) is 3.21. The van der Waals surface area contributed by atoms with Gasteiger partial charge in [0.15, 0.2) is 5.69 Å². The molecular weight excluding hydrogens is 383 g/mol. The maximum atomic E-state index is 12.0. The number of oxazole rings is 1. The molecule has 23 heavy (non-hydrogen) atoms. The Morgan fingerprint density at radius 2 is 2.13 bits per heavy atom. The normalized spacial score (nSPS) is 10.7. The second kappa shape index (κ2) is 6.88. The van der Waals surface area contributed by atoms with E-state index in [-0.39, 0.29) is 27.4 Å². The molecule has 0 spiro atoms. The van der Waals surface area contributed by atoms with Crippen molar-refractivity contribution in [2.45, 2.75) is 6.61 Å². The van der Waals surface area contributed by atoms with Crippen molar-refractivity contribution in [2.75, 3.05) is 0 Å². The van der Waals surface area contributed by atoms with Crippen LogP contribution in [0.25, 0.3) is 10.8 Å². The lowest BCUT2D eigenvalue weighted by molar-refractivity contribution is 0.0461. The number of hydrogen-bond acceptors (Lipinski definition) is 6. The quantitative estimate of drug-likeness (QED) is 0.580. The summed E-state index contributed by atoms with van der Waals surface area (Å²) >= 11 is 19.1. The molecule has 0 unspecified atom stereocenters. The number of ether oxygens (including phenoxy) is 1. The molecule has 0 aliphatic carbocycles. The fraction of sp³-hybridized carbons (Fsp3) is 0.0714. The minimum atomic E-state index is -0.728. The number of carbonyl (C=O) groups excluding carboxylic acids is 1. The second-order valence-corrected chi connectivity index (χ2v) is 6.39. The first-order chi connectivity index (χ1) is 11.1. The van der Waals surface area contributed by atoms with E-state index in [4.69, 9.17) is 44.0 Å². The van der Waals surface area contributed by atoms with Crippen molar-refractivity contribution in [3.8, 4) is 10.8 Å². The Kier molecular flexibility index (Phi) is 4.87. The topological polar surface area (TPSA) is 65.2 Å². The lowest BCUT2D eigenvalue weighted by Gasteiger charge is -2.05. The summed E-state index contributed by atoms with van der Waals surface area (Å²) < 4.78 is 10.4. The van der Waals surface area contributed by atoms with Crippen LogP contribution >= 0.6 is 46.1 Å². The molecule has 3 heterocycles. The third-order valence-corrected chi connectivity index (χ3v) is 4.84. The van der Waals surface area contributed by atoms with Gasteiger partial charge < -0.3 is 9.15 Å². The molecule has 9 heteroatoms. The molecule has 0 N–H and O–H groups in total. The van der Waals surface area contributed by atoms with E-state index in [2.05, 4.69) is 9.97 Å².